The first-order valence-electron chi connectivity index (χ1n) is 8.99. The Labute approximate surface area is 166 Å². The van der Waals surface area contributed by atoms with Gasteiger partial charge in [0.2, 0.25) is 0 Å². The van der Waals surface area contributed by atoms with Gasteiger partial charge in [0.15, 0.2) is 0 Å². The maximum atomic E-state index is 12.7. The Kier molecular flexibility index (Phi) is 4.05. The van der Waals surface area contributed by atoms with Gasteiger partial charge < -0.3 is 5.32 Å². The number of halogens is 1. The number of carbonyl (C=O) groups is 1. The van der Waals surface area contributed by atoms with E-state index >= 15 is 0 Å². The molecule has 0 bridgehead atoms. The van der Waals surface area contributed by atoms with Gasteiger partial charge in [0, 0.05) is 23.8 Å². The second-order valence-electron chi connectivity index (χ2n) is 7.16. The van der Waals surface area contributed by atoms with Gasteiger partial charge >= 0.3 is 0 Å². The van der Waals surface area contributed by atoms with Gasteiger partial charge in [-0.2, -0.15) is 0 Å². The zero-order valence-corrected chi connectivity index (χ0v) is 16.5. The van der Waals surface area contributed by atoms with Crippen molar-refractivity contribution in [2.75, 3.05) is 5.01 Å². The van der Waals surface area contributed by atoms with E-state index < -0.39 is 0 Å². The fourth-order valence-electron chi connectivity index (χ4n) is 3.95. The molecule has 2 atom stereocenters. The highest BCUT2D eigenvalue weighted by Crippen LogP contribution is 2.29. The minimum absolute atomic E-state index is 0.0375. The summed E-state index contributed by atoms with van der Waals surface area (Å²) in [6, 6.07) is 14.5. The summed E-state index contributed by atoms with van der Waals surface area (Å²) in [5.74, 6) is -0.0375. The van der Waals surface area contributed by atoms with E-state index in [4.69, 9.17) is 0 Å². The van der Waals surface area contributed by atoms with Crippen molar-refractivity contribution in [3.05, 3.63) is 75.4 Å². The lowest BCUT2D eigenvalue weighted by molar-refractivity contribution is -0.122. The van der Waals surface area contributed by atoms with E-state index in [0.29, 0.717) is 5.57 Å². The lowest BCUT2D eigenvalue weighted by Gasteiger charge is -2.36. The first-order valence-corrected chi connectivity index (χ1v) is 9.79. The summed E-state index contributed by atoms with van der Waals surface area (Å²) in [5.41, 5.74) is 8.89. The van der Waals surface area contributed by atoms with Gasteiger partial charge in [-0.05, 0) is 41.8 Å². The van der Waals surface area contributed by atoms with E-state index in [9.17, 15) is 4.79 Å². The molecular formula is C20H20BrN5O. The van der Waals surface area contributed by atoms with Crippen LogP contribution in [0.3, 0.4) is 0 Å². The highest BCUT2D eigenvalue weighted by molar-refractivity contribution is 9.10. The topological polar surface area (TPSA) is 59.6 Å². The van der Waals surface area contributed by atoms with Crippen molar-refractivity contribution in [1.82, 2.24) is 21.0 Å². The molecule has 3 N–H and O–H groups in total. The Morgan fingerprint density at radius 3 is 2.56 bits per heavy atom. The number of rotatable bonds is 2. The molecule has 0 aliphatic carbocycles. The van der Waals surface area contributed by atoms with Crippen LogP contribution >= 0.6 is 15.9 Å². The molecule has 2 aromatic rings. The van der Waals surface area contributed by atoms with Crippen LogP contribution in [0.25, 0.3) is 0 Å². The number of nitrogens with zero attached hydrogens (tertiary/aromatic N) is 2. The number of carbonyl (C=O) groups excluding carboxylic acids is 1. The smallest absolute Gasteiger partial charge is 0.254 e. The van der Waals surface area contributed by atoms with E-state index in [1.807, 2.05) is 23.3 Å². The van der Waals surface area contributed by atoms with Crippen molar-refractivity contribution in [3.8, 4) is 0 Å². The molecule has 1 amide bonds. The van der Waals surface area contributed by atoms with Crippen molar-refractivity contribution in [1.29, 1.82) is 0 Å². The molecule has 0 aromatic heterocycles. The normalized spacial score (nSPS) is 24.4. The van der Waals surface area contributed by atoms with Crippen molar-refractivity contribution in [2.24, 2.45) is 0 Å². The predicted molar refractivity (Wildman–Crippen MR) is 107 cm³/mol. The van der Waals surface area contributed by atoms with Crippen molar-refractivity contribution in [3.63, 3.8) is 0 Å². The van der Waals surface area contributed by atoms with Crippen LogP contribution < -0.4 is 21.1 Å². The SMILES string of the molecule is Cc1cc(Br)ccc1N1C=C2C(=O)NC(N3Cc4ccccc4C3)NC2N1. The number of hydrogen-bond acceptors (Lipinski definition) is 5. The Bertz CT molecular complexity index is 934. The number of amides is 1. The summed E-state index contributed by atoms with van der Waals surface area (Å²) in [4.78, 5) is 15.0. The number of aryl methyl sites for hydroxylation is 1. The maximum absolute atomic E-state index is 12.7. The van der Waals surface area contributed by atoms with Gasteiger partial charge in [-0.25, -0.2) is 5.43 Å². The number of benzene rings is 2. The van der Waals surface area contributed by atoms with Crippen LogP contribution in [0.2, 0.25) is 0 Å². The highest BCUT2D eigenvalue weighted by Gasteiger charge is 2.39. The van der Waals surface area contributed by atoms with E-state index in [1.165, 1.54) is 11.1 Å². The van der Waals surface area contributed by atoms with Gasteiger partial charge in [-0.15, -0.1) is 0 Å². The second kappa shape index (κ2) is 6.45. The zero-order chi connectivity index (χ0) is 18.5. The Morgan fingerprint density at radius 1 is 1.11 bits per heavy atom. The molecule has 5 rings (SSSR count). The predicted octanol–water partition coefficient (Wildman–Crippen LogP) is 2.31. The number of fused-ring (bicyclic) bond motifs is 2. The molecule has 1 saturated heterocycles. The number of hydrazine groups is 1. The molecule has 27 heavy (non-hydrogen) atoms. The second-order valence-corrected chi connectivity index (χ2v) is 8.08. The summed E-state index contributed by atoms with van der Waals surface area (Å²) in [7, 11) is 0. The number of nitrogens with one attached hydrogen (secondary N) is 3. The molecule has 2 unspecified atom stereocenters. The molecule has 138 valence electrons. The Balaban J connectivity index is 1.34. The summed E-state index contributed by atoms with van der Waals surface area (Å²) in [6.07, 6.45) is 1.46. The molecule has 2 aromatic carbocycles. The minimum atomic E-state index is -0.212. The van der Waals surface area contributed by atoms with Crippen LogP contribution in [0.4, 0.5) is 5.69 Å². The first-order chi connectivity index (χ1) is 13.1. The molecule has 3 aliphatic heterocycles. The van der Waals surface area contributed by atoms with Crippen LogP contribution in [0.15, 0.2) is 58.7 Å². The monoisotopic (exact) mass is 425 g/mol. The summed E-state index contributed by atoms with van der Waals surface area (Å²) >= 11 is 3.50. The van der Waals surface area contributed by atoms with Crippen LogP contribution in [0.5, 0.6) is 0 Å². The van der Waals surface area contributed by atoms with Crippen LogP contribution in [0, 0.1) is 6.92 Å². The van der Waals surface area contributed by atoms with Crippen LogP contribution in [-0.4, -0.2) is 23.3 Å². The van der Waals surface area contributed by atoms with E-state index in [1.54, 1.807) is 0 Å². The van der Waals surface area contributed by atoms with Crippen LogP contribution in [-0.2, 0) is 17.9 Å². The van der Waals surface area contributed by atoms with Crippen LogP contribution in [0.1, 0.15) is 16.7 Å². The highest BCUT2D eigenvalue weighted by atomic mass is 79.9. The summed E-state index contributed by atoms with van der Waals surface area (Å²) in [6.45, 7) is 3.71. The molecule has 6 nitrogen and oxygen atoms in total. The molecule has 1 fully saturated rings. The van der Waals surface area contributed by atoms with Gasteiger partial charge in [0.05, 0.1) is 11.3 Å². The van der Waals surface area contributed by atoms with Gasteiger partial charge in [0.1, 0.15) is 12.5 Å². The average Bonchev–Trinajstić information content (AvgIpc) is 3.25. The maximum Gasteiger partial charge on any atom is 0.254 e. The largest absolute Gasteiger partial charge is 0.324 e. The minimum Gasteiger partial charge on any atom is -0.324 e. The van der Waals surface area contributed by atoms with E-state index in [-0.39, 0.29) is 18.4 Å². The average molecular weight is 426 g/mol. The quantitative estimate of drug-likeness (QED) is 0.688. The molecule has 0 radical (unpaired) electrons. The third-order valence-electron chi connectivity index (χ3n) is 5.35. The fraction of sp³-hybridized carbons (Fsp3) is 0.250. The van der Waals surface area contributed by atoms with Crippen molar-refractivity contribution in [2.45, 2.75) is 32.5 Å². The first kappa shape index (κ1) is 16.9. The van der Waals surface area contributed by atoms with Crippen molar-refractivity contribution >= 4 is 27.5 Å². The molecular weight excluding hydrogens is 406 g/mol. The lowest BCUT2D eigenvalue weighted by Crippen LogP contribution is -2.66. The standard InChI is InChI=1S/C20H20BrN5O/c1-12-8-15(21)6-7-17(12)26-11-16-18(24-26)22-20(23-19(16)27)25-9-13-4-2-3-5-14(13)10-25/h2-8,11,18,20,22,24H,9-10H2,1H3,(H,23,27). The zero-order valence-electron chi connectivity index (χ0n) is 14.9. The van der Waals surface area contributed by atoms with Crippen molar-refractivity contribution < 1.29 is 4.79 Å². The fourth-order valence-corrected chi connectivity index (χ4v) is 4.43. The molecule has 7 heteroatoms. The molecule has 3 heterocycles. The number of anilines is 1. The molecule has 3 aliphatic rings. The lowest BCUT2D eigenvalue weighted by atomic mass is 10.1. The van der Waals surface area contributed by atoms with Gasteiger partial charge in [-0.3, -0.25) is 20.0 Å². The van der Waals surface area contributed by atoms with E-state index in [0.717, 1.165) is 28.8 Å². The summed E-state index contributed by atoms with van der Waals surface area (Å²) < 4.78 is 1.04. The Morgan fingerprint density at radius 2 is 1.85 bits per heavy atom. The van der Waals surface area contributed by atoms with Gasteiger partial charge in [-0.1, -0.05) is 40.2 Å². The molecule has 0 saturated carbocycles. The number of hydrogen-bond donors (Lipinski definition) is 3. The third-order valence-corrected chi connectivity index (χ3v) is 5.84. The Hall–Kier alpha value is -2.19. The third kappa shape index (κ3) is 2.96. The van der Waals surface area contributed by atoms with E-state index in [2.05, 4.69) is 74.1 Å². The van der Waals surface area contributed by atoms with Gasteiger partial charge in [0.25, 0.3) is 5.91 Å². The molecule has 0 spiro atoms. The summed E-state index contributed by atoms with van der Waals surface area (Å²) in [5, 5.41) is 8.54.